The largest absolute Gasteiger partial charge is 0.366 e. The minimum absolute atomic E-state index is 0.0801. The van der Waals surface area contributed by atoms with Crippen LogP contribution in [0.4, 0.5) is 4.39 Å². The van der Waals surface area contributed by atoms with Crippen molar-refractivity contribution in [2.24, 2.45) is 0 Å². The van der Waals surface area contributed by atoms with Crippen LogP contribution >= 0.6 is 0 Å². The van der Waals surface area contributed by atoms with Crippen molar-refractivity contribution in [3.05, 3.63) is 70.5 Å². The predicted molar refractivity (Wildman–Crippen MR) is 82.8 cm³/mol. The Hall–Kier alpha value is -3.02. The third-order valence-corrected chi connectivity index (χ3v) is 3.81. The van der Waals surface area contributed by atoms with Gasteiger partial charge in [0.2, 0.25) is 0 Å². The van der Waals surface area contributed by atoms with Crippen molar-refractivity contribution < 1.29 is 23.6 Å². The minimum Gasteiger partial charge on any atom is -0.324 e. The summed E-state index contributed by atoms with van der Waals surface area (Å²) in [5.74, 6) is -3.28. The summed E-state index contributed by atoms with van der Waals surface area (Å²) in [6.45, 7) is 3.79. The fourth-order valence-electron chi connectivity index (χ4n) is 2.44. The van der Waals surface area contributed by atoms with Gasteiger partial charge in [-0.15, -0.1) is 0 Å². The van der Waals surface area contributed by atoms with Gasteiger partial charge in [0, 0.05) is 0 Å². The zero-order chi connectivity index (χ0) is 17.4. The Morgan fingerprint density at radius 2 is 1.62 bits per heavy atom. The molecular formula is C18H14FNO4. The number of hydrogen-bond donors (Lipinski definition) is 0. The van der Waals surface area contributed by atoms with E-state index in [1.54, 1.807) is 18.2 Å². The molecule has 3 rings (SSSR count). The van der Waals surface area contributed by atoms with Gasteiger partial charge < -0.3 is 4.84 Å². The van der Waals surface area contributed by atoms with Crippen LogP contribution in [0.3, 0.4) is 0 Å². The van der Waals surface area contributed by atoms with Gasteiger partial charge in [0.15, 0.2) is 0 Å². The fraction of sp³-hybridized carbons (Fsp3) is 0.167. The van der Waals surface area contributed by atoms with E-state index in [4.69, 9.17) is 4.84 Å². The molecular weight excluding hydrogens is 313 g/mol. The van der Waals surface area contributed by atoms with E-state index in [1.165, 1.54) is 18.2 Å². The highest BCUT2D eigenvalue weighted by atomic mass is 19.1. The van der Waals surface area contributed by atoms with E-state index < -0.39 is 23.6 Å². The van der Waals surface area contributed by atoms with Crippen LogP contribution in [0, 0.1) is 5.82 Å². The van der Waals surface area contributed by atoms with Crippen molar-refractivity contribution in [2.75, 3.05) is 0 Å². The Morgan fingerprint density at radius 1 is 1.04 bits per heavy atom. The number of carbonyl (C=O) groups excluding carboxylic acids is 3. The fourth-order valence-corrected chi connectivity index (χ4v) is 2.44. The van der Waals surface area contributed by atoms with Gasteiger partial charge in [0.25, 0.3) is 11.8 Å². The predicted octanol–water partition coefficient (Wildman–Crippen LogP) is 3.32. The molecule has 0 bridgehead atoms. The summed E-state index contributed by atoms with van der Waals surface area (Å²) in [6, 6.07) is 10.2. The average molecular weight is 327 g/mol. The maximum atomic E-state index is 13.9. The first-order valence-corrected chi connectivity index (χ1v) is 7.39. The second-order valence-electron chi connectivity index (χ2n) is 5.72. The molecule has 2 amide bonds. The quantitative estimate of drug-likeness (QED) is 0.811. The zero-order valence-corrected chi connectivity index (χ0v) is 13.1. The van der Waals surface area contributed by atoms with Crippen LogP contribution in [-0.4, -0.2) is 22.8 Å². The molecule has 2 aromatic carbocycles. The summed E-state index contributed by atoms with van der Waals surface area (Å²) in [6.07, 6.45) is 0. The lowest BCUT2D eigenvalue weighted by molar-refractivity contribution is -0.0587. The van der Waals surface area contributed by atoms with Crippen molar-refractivity contribution in [3.8, 4) is 0 Å². The Kier molecular flexibility index (Phi) is 3.89. The van der Waals surface area contributed by atoms with Gasteiger partial charge in [-0.2, -0.15) is 0 Å². The molecule has 0 atom stereocenters. The molecule has 0 fully saturated rings. The maximum Gasteiger partial charge on any atom is 0.366 e. The second kappa shape index (κ2) is 5.88. The first kappa shape index (κ1) is 15.9. The van der Waals surface area contributed by atoms with E-state index in [0.29, 0.717) is 5.06 Å². The molecule has 0 radical (unpaired) electrons. The van der Waals surface area contributed by atoms with Crippen LogP contribution in [0.5, 0.6) is 0 Å². The van der Waals surface area contributed by atoms with Crippen molar-refractivity contribution in [2.45, 2.75) is 19.8 Å². The number of halogens is 1. The SMILES string of the molecule is CC(C)c1ccc(F)c(C(=O)ON2C(=O)c3ccccc3C2=O)c1. The summed E-state index contributed by atoms with van der Waals surface area (Å²) >= 11 is 0. The van der Waals surface area contributed by atoms with E-state index in [9.17, 15) is 18.8 Å². The highest BCUT2D eigenvalue weighted by Crippen LogP contribution is 2.24. The van der Waals surface area contributed by atoms with E-state index in [0.717, 1.165) is 11.6 Å². The minimum atomic E-state index is -1.09. The van der Waals surface area contributed by atoms with E-state index >= 15 is 0 Å². The van der Waals surface area contributed by atoms with Gasteiger partial charge in [0.1, 0.15) is 5.82 Å². The van der Waals surface area contributed by atoms with Gasteiger partial charge in [-0.1, -0.05) is 37.1 Å². The number of benzene rings is 2. The number of rotatable bonds is 3. The smallest absolute Gasteiger partial charge is 0.324 e. The summed E-state index contributed by atoms with van der Waals surface area (Å²) in [7, 11) is 0. The number of hydrogen-bond acceptors (Lipinski definition) is 4. The Labute approximate surface area is 137 Å². The normalized spacial score (nSPS) is 13.4. The van der Waals surface area contributed by atoms with Crippen LogP contribution in [0.2, 0.25) is 0 Å². The molecule has 2 aromatic rings. The number of fused-ring (bicyclic) bond motifs is 1. The Morgan fingerprint density at radius 3 is 2.17 bits per heavy atom. The number of carbonyl (C=O) groups is 3. The lowest BCUT2D eigenvalue weighted by Crippen LogP contribution is -2.33. The summed E-state index contributed by atoms with van der Waals surface area (Å²) < 4.78 is 13.9. The first-order valence-electron chi connectivity index (χ1n) is 7.39. The molecule has 0 aliphatic carbocycles. The Balaban J connectivity index is 1.88. The molecule has 5 nitrogen and oxygen atoms in total. The number of amides is 2. The molecule has 0 saturated carbocycles. The second-order valence-corrected chi connectivity index (χ2v) is 5.72. The molecule has 0 aromatic heterocycles. The molecule has 1 aliphatic heterocycles. The van der Waals surface area contributed by atoms with E-state index in [2.05, 4.69) is 0 Å². The lowest BCUT2D eigenvalue weighted by Gasteiger charge is -2.14. The molecule has 0 spiro atoms. The summed E-state index contributed by atoms with van der Waals surface area (Å²) in [5, 5.41) is 0.370. The molecule has 1 heterocycles. The monoisotopic (exact) mass is 327 g/mol. The topological polar surface area (TPSA) is 63.7 Å². The van der Waals surface area contributed by atoms with Crippen LogP contribution in [0.1, 0.15) is 56.4 Å². The molecule has 24 heavy (non-hydrogen) atoms. The molecule has 6 heteroatoms. The molecule has 0 N–H and O–H groups in total. The summed E-state index contributed by atoms with van der Waals surface area (Å²) in [5.41, 5.74) is 0.710. The van der Waals surface area contributed by atoms with Crippen LogP contribution in [-0.2, 0) is 4.84 Å². The Bertz CT molecular complexity index is 825. The van der Waals surface area contributed by atoms with Crippen LogP contribution < -0.4 is 0 Å². The standard InChI is InChI=1S/C18H14FNO4/c1-10(2)11-7-8-15(19)14(9-11)18(23)24-20-16(21)12-5-3-4-6-13(12)17(20)22/h3-10H,1-2H3. The number of imide groups is 1. The molecule has 122 valence electrons. The van der Waals surface area contributed by atoms with Crippen LogP contribution in [0.25, 0.3) is 0 Å². The van der Waals surface area contributed by atoms with Gasteiger partial charge >= 0.3 is 5.97 Å². The van der Waals surface area contributed by atoms with Gasteiger partial charge in [-0.25, -0.2) is 9.18 Å². The van der Waals surface area contributed by atoms with Gasteiger partial charge in [0.05, 0.1) is 16.7 Å². The highest BCUT2D eigenvalue weighted by molar-refractivity contribution is 6.21. The third-order valence-electron chi connectivity index (χ3n) is 3.81. The lowest BCUT2D eigenvalue weighted by atomic mass is 10.0. The van der Waals surface area contributed by atoms with E-state index in [-0.39, 0.29) is 22.6 Å². The van der Waals surface area contributed by atoms with Crippen LogP contribution in [0.15, 0.2) is 42.5 Å². The summed E-state index contributed by atoms with van der Waals surface area (Å²) in [4.78, 5) is 41.4. The van der Waals surface area contributed by atoms with Crippen molar-refractivity contribution in [1.82, 2.24) is 5.06 Å². The van der Waals surface area contributed by atoms with Crippen molar-refractivity contribution >= 4 is 17.8 Å². The van der Waals surface area contributed by atoms with E-state index in [1.807, 2.05) is 13.8 Å². The number of nitrogens with zero attached hydrogens (tertiary/aromatic N) is 1. The van der Waals surface area contributed by atoms with Gasteiger partial charge in [-0.3, -0.25) is 9.59 Å². The highest BCUT2D eigenvalue weighted by Gasteiger charge is 2.39. The molecule has 0 unspecified atom stereocenters. The third kappa shape index (κ3) is 2.56. The van der Waals surface area contributed by atoms with Gasteiger partial charge in [-0.05, 0) is 35.7 Å². The maximum absolute atomic E-state index is 13.9. The average Bonchev–Trinajstić information content (AvgIpc) is 2.80. The zero-order valence-electron chi connectivity index (χ0n) is 13.1. The molecule has 0 saturated heterocycles. The first-order chi connectivity index (χ1) is 11.4. The van der Waals surface area contributed by atoms with Crippen molar-refractivity contribution in [3.63, 3.8) is 0 Å². The number of hydroxylamine groups is 2. The molecule has 1 aliphatic rings. The van der Waals surface area contributed by atoms with Crippen molar-refractivity contribution in [1.29, 1.82) is 0 Å².